The van der Waals surface area contributed by atoms with Crippen molar-refractivity contribution >= 4 is 23.4 Å². The molecule has 2 rings (SSSR count). The summed E-state index contributed by atoms with van der Waals surface area (Å²) in [6.07, 6.45) is 5.16. The van der Waals surface area contributed by atoms with Crippen molar-refractivity contribution in [2.45, 2.75) is 6.42 Å². The minimum atomic E-state index is 0.579. The van der Waals surface area contributed by atoms with Crippen LogP contribution in [0.1, 0.15) is 11.1 Å². The maximum atomic E-state index is 5.57. The van der Waals surface area contributed by atoms with Gasteiger partial charge in [0.1, 0.15) is 0 Å². The number of allylic oxidation sites excluding steroid dienone is 1. The molecule has 2 heteroatoms. The van der Waals surface area contributed by atoms with E-state index in [0.29, 0.717) is 5.88 Å². The molecule has 1 nitrogen and oxygen atoms in total. The van der Waals surface area contributed by atoms with Crippen molar-refractivity contribution in [1.29, 1.82) is 0 Å². The zero-order valence-corrected chi connectivity index (χ0v) is 8.14. The Balaban J connectivity index is 2.25. The molecule has 1 heterocycles. The van der Waals surface area contributed by atoms with Crippen molar-refractivity contribution < 1.29 is 0 Å². The van der Waals surface area contributed by atoms with Crippen LogP contribution in [0.25, 0.3) is 6.08 Å². The van der Waals surface area contributed by atoms with Gasteiger partial charge in [0.15, 0.2) is 0 Å². The standard InChI is InChI=1S/C11H12ClN/c12-6-1-2-9-3-4-11-10(8-9)5-7-13-11/h1-4,8,13H,5-7H2. The summed E-state index contributed by atoms with van der Waals surface area (Å²) >= 11 is 5.57. The van der Waals surface area contributed by atoms with Crippen LogP contribution in [-0.2, 0) is 6.42 Å². The van der Waals surface area contributed by atoms with Gasteiger partial charge in [-0.15, -0.1) is 11.6 Å². The van der Waals surface area contributed by atoms with Crippen molar-refractivity contribution in [1.82, 2.24) is 0 Å². The summed E-state index contributed by atoms with van der Waals surface area (Å²) in [5.41, 5.74) is 3.93. The second-order valence-electron chi connectivity index (χ2n) is 3.15. The van der Waals surface area contributed by atoms with Crippen molar-refractivity contribution in [3.8, 4) is 0 Å². The average molecular weight is 194 g/mol. The molecule has 0 atom stereocenters. The number of fused-ring (bicyclic) bond motifs is 1. The second kappa shape index (κ2) is 3.84. The van der Waals surface area contributed by atoms with Gasteiger partial charge < -0.3 is 5.32 Å². The van der Waals surface area contributed by atoms with E-state index in [0.717, 1.165) is 13.0 Å². The highest BCUT2D eigenvalue weighted by atomic mass is 35.5. The quantitative estimate of drug-likeness (QED) is 0.713. The van der Waals surface area contributed by atoms with Crippen LogP contribution in [0.4, 0.5) is 5.69 Å². The van der Waals surface area contributed by atoms with Gasteiger partial charge in [-0.3, -0.25) is 0 Å². The number of nitrogens with one attached hydrogen (secondary N) is 1. The molecule has 1 aliphatic rings. The summed E-state index contributed by atoms with van der Waals surface area (Å²) in [4.78, 5) is 0. The first-order chi connectivity index (χ1) is 6.40. The molecule has 13 heavy (non-hydrogen) atoms. The lowest BCUT2D eigenvalue weighted by Gasteiger charge is -1.99. The molecule has 0 fully saturated rings. The molecule has 0 saturated carbocycles. The highest BCUT2D eigenvalue weighted by Crippen LogP contribution is 2.23. The molecule has 0 bridgehead atoms. The van der Waals surface area contributed by atoms with Crippen LogP contribution in [0.15, 0.2) is 24.3 Å². The Morgan fingerprint density at radius 3 is 3.23 bits per heavy atom. The molecule has 0 radical (unpaired) electrons. The largest absolute Gasteiger partial charge is 0.384 e. The number of hydrogen-bond donors (Lipinski definition) is 1. The lowest BCUT2D eigenvalue weighted by Crippen LogP contribution is -1.90. The summed E-state index contributed by atoms with van der Waals surface area (Å²) in [6.45, 7) is 1.07. The molecule has 1 aromatic rings. The van der Waals surface area contributed by atoms with Gasteiger partial charge in [-0.25, -0.2) is 0 Å². The minimum absolute atomic E-state index is 0.579. The van der Waals surface area contributed by atoms with Crippen LogP contribution in [-0.4, -0.2) is 12.4 Å². The van der Waals surface area contributed by atoms with E-state index in [2.05, 4.69) is 29.6 Å². The van der Waals surface area contributed by atoms with Crippen LogP contribution in [0, 0.1) is 0 Å². The normalized spacial score (nSPS) is 14.5. The molecule has 0 saturated heterocycles. The summed E-state index contributed by atoms with van der Waals surface area (Å²) in [6, 6.07) is 6.47. The first-order valence-corrected chi connectivity index (χ1v) is 5.03. The number of benzene rings is 1. The van der Waals surface area contributed by atoms with Gasteiger partial charge in [0.2, 0.25) is 0 Å². The SMILES string of the molecule is ClCC=Cc1ccc2c(c1)CCN2. The smallest absolute Gasteiger partial charge is 0.0407 e. The van der Waals surface area contributed by atoms with Gasteiger partial charge in [-0.2, -0.15) is 0 Å². The Hall–Kier alpha value is -0.950. The minimum Gasteiger partial charge on any atom is -0.384 e. The topological polar surface area (TPSA) is 12.0 Å². The number of halogens is 1. The van der Waals surface area contributed by atoms with Crippen LogP contribution in [0.3, 0.4) is 0 Å². The van der Waals surface area contributed by atoms with Crippen LogP contribution < -0.4 is 5.32 Å². The third-order valence-corrected chi connectivity index (χ3v) is 2.42. The maximum Gasteiger partial charge on any atom is 0.0407 e. The first kappa shape index (κ1) is 8.64. The number of anilines is 1. The summed E-state index contributed by atoms with van der Waals surface area (Å²) < 4.78 is 0. The zero-order valence-electron chi connectivity index (χ0n) is 7.39. The van der Waals surface area contributed by atoms with Gasteiger partial charge in [0.25, 0.3) is 0 Å². The molecule has 1 aliphatic heterocycles. The summed E-state index contributed by atoms with van der Waals surface area (Å²) in [5, 5.41) is 3.33. The molecule has 1 N–H and O–H groups in total. The van der Waals surface area contributed by atoms with Crippen LogP contribution >= 0.6 is 11.6 Å². The van der Waals surface area contributed by atoms with E-state index in [4.69, 9.17) is 11.6 Å². The molecule has 0 aromatic heterocycles. The lowest BCUT2D eigenvalue weighted by molar-refractivity contribution is 1.11. The van der Waals surface area contributed by atoms with E-state index in [1.165, 1.54) is 16.8 Å². The third-order valence-electron chi connectivity index (χ3n) is 2.24. The number of rotatable bonds is 2. The Morgan fingerprint density at radius 1 is 1.46 bits per heavy atom. The van der Waals surface area contributed by atoms with E-state index < -0.39 is 0 Å². The van der Waals surface area contributed by atoms with E-state index in [9.17, 15) is 0 Å². The van der Waals surface area contributed by atoms with Gasteiger partial charge >= 0.3 is 0 Å². The van der Waals surface area contributed by atoms with Crippen LogP contribution in [0.5, 0.6) is 0 Å². The highest BCUT2D eigenvalue weighted by Gasteiger charge is 2.08. The van der Waals surface area contributed by atoms with Crippen molar-refractivity contribution in [2.24, 2.45) is 0 Å². The molecule has 0 amide bonds. The average Bonchev–Trinajstić information content (AvgIpc) is 2.61. The van der Waals surface area contributed by atoms with Gasteiger partial charge in [-0.05, 0) is 29.7 Å². The molecule has 0 spiro atoms. The third kappa shape index (κ3) is 1.86. The maximum absolute atomic E-state index is 5.57. The fourth-order valence-corrected chi connectivity index (χ4v) is 1.70. The molecule has 0 unspecified atom stereocenters. The van der Waals surface area contributed by atoms with Crippen LogP contribution in [0.2, 0.25) is 0 Å². The van der Waals surface area contributed by atoms with Gasteiger partial charge in [0, 0.05) is 18.1 Å². The molecular formula is C11H12ClN. The molecule has 0 aliphatic carbocycles. The van der Waals surface area contributed by atoms with Gasteiger partial charge in [0.05, 0.1) is 0 Å². The zero-order chi connectivity index (χ0) is 9.10. The monoisotopic (exact) mass is 193 g/mol. The summed E-state index contributed by atoms with van der Waals surface area (Å²) in [5.74, 6) is 0.579. The van der Waals surface area contributed by atoms with Crippen molar-refractivity contribution in [3.63, 3.8) is 0 Å². The second-order valence-corrected chi connectivity index (χ2v) is 3.46. The first-order valence-electron chi connectivity index (χ1n) is 4.49. The Bertz CT molecular complexity index is 331. The van der Waals surface area contributed by atoms with E-state index in [1.807, 2.05) is 6.08 Å². The highest BCUT2D eigenvalue weighted by molar-refractivity contribution is 6.19. The predicted octanol–water partition coefficient (Wildman–Crippen LogP) is 2.91. The number of alkyl halides is 1. The number of hydrogen-bond acceptors (Lipinski definition) is 1. The fraction of sp³-hybridized carbons (Fsp3) is 0.273. The molecule has 68 valence electrons. The van der Waals surface area contributed by atoms with E-state index >= 15 is 0 Å². The van der Waals surface area contributed by atoms with Crippen molar-refractivity contribution in [2.75, 3.05) is 17.7 Å². The fourth-order valence-electron chi connectivity index (χ4n) is 1.61. The Labute approximate surface area is 83.4 Å². The Kier molecular flexibility index (Phi) is 2.55. The van der Waals surface area contributed by atoms with Crippen molar-refractivity contribution in [3.05, 3.63) is 35.4 Å². The molecular weight excluding hydrogens is 182 g/mol. The molecule has 1 aromatic carbocycles. The van der Waals surface area contributed by atoms with E-state index in [1.54, 1.807) is 0 Å². The van der Waals surface area contributed by atoms with E-state index in [-0.39, 0.29) is 0 Å². The Morgan fingerprint density at radius 2 is 2.38 bits per heavy atom. The van der Waals surface area contributed by atoms with Gasteiger partial charge in [-0.1, -0.05) is 18.2 Å². The summed E-state index contributed by atoms with van der Waals surface area (Å²) in [7, 11) is 0. The lowest BCUT2D eigenvalue weighted by atomic mass is 10.1. The predicted molar refractivity (Wildman–Crippen MR) is 58.4 cm³/mol.